The lowest BCUT2D eigenvalue weighted by molar-refractivity contribution is -0.143. The fraction of sp³-hybridized carbons (Fsp3) is 0.778. The highest BCUT2D eigenvalue weighted by Crippen LogP contribution is 2.15. The number of amides is 1. The number of rotatable bonds is 4. The molecule has 1 aliphatic heterocycles. The number of hydrogen-bond acceptors (Lipinski definition) is 4. The average molecular weight is 216 g/mol. The molecule has 4 N–H and O–H groups in total. The van der Waals surface area contributed by atoms with Crippen LogP contribution in [0.2, 0.25) is 0 Å². The molecule has 0 aliphatic carbocycles. The van der Waals surface area contributed by atoms with E-state index in [1.54, 1.807) is 0 Å². The molecule has 15 heavy (non-hydrogen) atoms. The van der Waals surface area contributed by atoms with E-state index in [9.17, 15) is 9.59 Å². The van der Waals surface area contributed by atoms with Gasteiger partial charge in [0, 0.05) is 6.54 Å². The minimum Gasteiger partial charge on any atom is -0.480 e. The topological polar surface area (TPSA) is 98.7 Å². The van der Waals surface area contributed by atoms with Gasteiger partial charge in [-0.3, -0.25) is 4.79 Å². The molecule has 1 heterocycles. The molecule has 0 radical (unpaired) electrons. The number of carboxylic acid groups (broad SMARTS) is 1. The van der Waals surface area contributed by atoms with Crippen molar-refractivity contribution < 1.29 is 19.8 Å². The standard InChI is InChI=1S/C9H16N2O4/c1-5-2-10-3-6(5)8(13)11-7(4-12)9(14)15/h5-7,10,12H,2-4H2,1H3,(H,11,13)(H,14,15)/t5?,6?,7-/m1/s1. The Bertz CT molecular complexity index is 256. The Morgan fingerprint density at radius 3 is 2.60 bits per heavy atom. The Balaban J connectivity index is 2.50. The molecule has 0 spiro atoms. The molecule has 0 saturated carbocycles. The SMILES string of the molecule is CC1CNCC1C(=O)N[C@H](CO)C(=O)O. The molecular weight excluding hydrogens is 200 g/mol. The van der Waals surface area contributed by atoms with Crippen LogP contribution in [0.25, 0.3) is 0 Å². The maximum atomic E-state index is 11.6. The average Bonchev–Trinajstić information content (AvgIpc) is 2.60. The van der Waals surface area contributed by atoms with Crippen LogP contribution >= 0.6 is 0 Å². The smallest absolute Gasteiger partial charge is 0.328 e. The number of hydrogen-bond donors (Lipinski definition) is 4. The molecule has 1 fully saturated rings. The van der Waals surface area contributed by atoms with Crippen molar-refractivity contribution in [1.29, 1.82) is 0 Å². The van der Waals surface area contributed by atoms with E-state index in [1.807, 2.05) is 6.92 Å². The Kier molecular flexibility index (Phi) is 4.05. The Morgan fingerprint density at radius 1 is 1.53 bits per heavy atom. The summed E-state index contributed by atoms with van der Waals surface area (Å²) in [6.45, 7) is 2.66. The summed E-state index contributed by atoms with van der Waals surface area (Å²) in [5.74, 6) is -1.55. The maximum Gasteiger partial charge on any atom is 0.328 e. The molecule has 86 valence electrons. The van der Waals surface area contributed by atoms with Gasteiger partial charge < -0.3 is 20.8 Å². The highest BCUT2D eigenvalue weighted by atomic mass is 16.4. The lowest BCUT2D eigenvalue weighted by Gasteiger charge is -2.17. The number of aliphatic hydroxyl groups excluding tert-OH is 1. The highest BCUT2D eigenvalue weighted by molar-refractivity contribution is 5.85. The van der Waals surface area contributed by atoms with Gasteiger partial charge in [-0.15, -0.1) is 0 Å². The molecule has 1 saturated heterocycles. The van der Waals surface area contributed by atoms with Gasteiger partial charge in [-0.1, -0.05) is 6.92 Å². The molecule has 1 amide bonds. The monoisotopic (exact) mass is 216 g/mol. The van der Waals surface area contributed by atoms with Crippen LogP contribution in [0.1, 0.15) is 6.92 Å². The number of carbonyl (C=O) groups is 2. The van der Waals surface area contributed by atoms with Crippen LogP contribution in [-0.4, -0.2) is 47.8 Å². The van der Waals surface area contributed by atoms with Gasteiger partial charge in [0.25, 0.3) is 0 Å². The third-order valence-electron chi connectivity index (χ3n) is 2.65. The summed E-state index contributed by atoms with van der Waals surface area (Å²) < 4.78 is 0. The van der Waals surface area contributed by atoms with Crippen LogP contribution in [0, 0.1) is 11.8 Å². The molecule has 0 aromatic carbocycles. The van der Waals surface area contributed by atoms with Crippen molar-refractivity contribution in [2.75, 3.05) is 19.7 Å². The van der Waals surface area contributed by atoms with Crippen molar-refractivity contribution in [1.82, 2.24) is 10.6 Å². The highest BCUT2D eigenvalue weighted by Gasteiger charge is 2.31. The second-order valence-corrected chi connectivity index (χ2v) is 3.82. The molecule has 0 aromatic heterocycles. The zero-order chi connectivity index (χ0) is 11.4. The van der Waals surface area contributed by atoms with Gasteiger partial charge in [-0.25, -0.2) is 4.79 Å². The van der Waals surface area contributed by atoms with Gasteiger partial charge in [0.05, 0.1) is 12.5 Å². The predicted octanol–water partition coefficient (Wildman–Crippen LogP) is -1.60. The van der Waals surface area contributed by atoms with Crippen molar-refractivity contribution in [2.24, 2.45) is 11.8 Å². The summed E-state index contributed by atoms with van der Waals surface area (Å²) in [7, 11) is 0. The van der Waals surface area contributed by atoms with Crippen LogP contribution in [0.5, 0.6) is 0 Å². The predicted molar refractivity (Wildman–Crippen MR) is 52.2 cm³/mol. The van der Waals surface area contributed by atoms with Crippen LogP contribution in [0.4, 0.5) is 0 Å². The van der Waals surface area contributed by atoms with E-state index in [4.69, 9.17) is 10.2 Å². The molecular formula is C9H16N2O4. The number of aliphatic hydroxyl groups is 1. The zero-order valence-electron chi connectivity index (χ0n) is 8.56. The first kappa shape index (κ1) is 11.9. The molecule has 1 rings (SSSR count). The van der Waals surface area contributed by atoms with E-state index in [1.165, 1.54) is 0 Å². The summed E-state index contributed by atoms with van der Waals surface area (Å²) in [5.41, 5.74) is 0. The van der Waals surface area contributed by atoms with Gasteiger partial charge in [0.1, 0.15) is 6.04 Å². The largest absolute Gasteiger partial charge is 0.480 e. The molecule has 6 nitrogen and oxygen atoms in total. The second-order valence-electron chi connectivity index (χ2n) is 3.82. The van der Waals surface area contributed by atoms with Crippen molar-refractivity contribution >= 4 is 11.9 Å². The van der Waals surface area contributed by atoms with Crippen molar-refractivity contribution in [3.63, 3.8) is 0 Å². The summed E-state index contributed by atoms with van der Waals surface area (Å²) in [6, 6.07) is -1.20. The number of nitrogens with one attached hydrogen (secondary N) is 2. The van der Waals surface area contributed by atoms with Gasteiger partial charge in [0.2, 0.25) is 5.91 Å². The van der Waals surface area contributed by atoms with E-state index in [-0.39, 0.29) is 17.7 Å². The van der Waals surface area contributed by atoms with Crippen molar-refractivity contribution in [2.45, 2.75) is 13.0 Å². The van der Waals surface area contributed by atoms with Crippen LogP contribution in [-0.2, 0) is 9.59 Å². The molecule has 2 unspecified atom stereocenters. The fourth-order valence-corrected chi connectivity index (χ4v) is 1.63. The quantitative estimate of drug-likeness (QED) is 0.454. The second kappa shape index (κ2) is 5.09. The summed E-state index contributed by atoms with van der Waals surface area (Å²) >= 11 is 0. The minimum atomic E-state index is -1.22. The van der Waals surface area contributed by atoms with Crippen molar-refractivity contribution in [3.8, 4) is 0 Å². The molecule has 3 atom stereocenters. The van der Waals surface area contributed by atoms with E-state index in [0.717, 1.165) is 6.54 Å². The number of carboxylic acids is 1. The van der Waals surface area contributed by atoms with Crippen LogP contribution < -0.4 is 10.6 Å². The zero-order valence-corrected chi connectivity index (χ0v) is 8.56. The lowest BCUT2D eigenvalue weighted by Crippen LogP contribution is -2.47. The van der Waals surface area contributed by atoms with E-state index >= 15 is 0 Å². The molecule has 1 aliphatic rings. The maximum absolute atomic E-state index is 11.6. The Hall–Kier alpha value is -1.14. The third kappa shape index (κ3) is 2.90. The van der Waals surface area contributed by atoms with Crippen LogP contribution in [0.15, 0.2) is 0 Å². The van der Waals surface area contributed by atoms with Gasteiger partial charge >= 0.3 is 5.97 Å². The molecule has 0 bridgehead atoms. The van der Waals surface area contributed by atoms with E-state index < -0.39 is 18.6 Å². The van der Waals surface area contributed by atoms with Gasteiger partial charge in [-0.05, 0) is 12.5 Å². The van der Waals surface area contributed by atoms with Crippen molar-refractivity contribution in [3.05, 3.63) is 0 Å². The molecule has 0 aromatic rings. The summed E-state index contributed by atoms with van der Waals surface area (Å²) in [4.78, 5) is 22.2. The lowest BCUT2D eigenvalue weighted by atomic mass is 9.97. The van der Waals surface area contributed by atoms with E-state index in [2.05, 4.69) is 10.6 Å². The van der Waals surface area contributed by atoms with E-state index in [0.29, 0.717) is 6.54 Å². The van der Waals surface area contributed by atoms with Crippen LogP contribution in [0.3, 0.4) is 0 Å². The molecule has 6 heteroatoms. The minimum absolute atomic E-state index is 0.193. The summed E-state index contributed by atoms with van der Waals surface area (Å²) in [5, 5.41) is 22.7. The first-order chi connectivity index (χ1) is 7.06. The Labute approximate surface area is 87.7 Å². The van der Waals surface area contributed by atoms with Gasteiger partial charge in [0.15, 0.2) is 0 Å². The number of carbonyl (C=O) groups excluding carboxylic acids is 1. The fourth-order valence-electron chi connectivity index (χ4n) is 1.63. The third-order valence-corrected chi connectivity index (χ3v) is 2.65. The first-order valence-electron chi connectivity index (χ1n) is 4.91. The Morgan fingerprint density at radius 2 is 2.20 bits per heavy atom. The number of aliphatic carboxylic acids is 1. The summed E-state index contributed by atoms with van der Waals surface area (Å²) in [6.07, 6.45) is 0. The first-order valence-corrected chi connectivity index (χ1v) is 4.91. The van der Waals surface area contributed by atoms with Gasteiger partial charge in [-0.2, -0.15) is 0 Å². The normalized spacial score (nSPS) is 27.3.